The molecule has 3 rings (SSSR count). The standard InChI is InChI=1S/C20H21N3O5S/c21-10-15-14-8-9-23(20(27)28-12-18(25)26)11-16(14)29-19(15)22-17(24)7-6-13-4-2-1-3-5-13/h1-5,14,16H,6-9,11-12H2,(H,22,24)(H,25,26). The molecule has 2 aliphatic rings. The number of ether oxygens (including phenoxy) is 1. The van der Waals surface area contributed by atoms with E-state index in [0.29, 0.717) is 43.0 Å². The van der Waals surface area contributed by atoms with Crippen LogP contribution in [0.5, 0.6) is 0 Å². The number of carbonyl (C=O) groups is 3. The van der Waals surface area contributed by atoms with Crippen LogP contribution in [0.1, 0.15) is 18.4 Å². The quantitative estimate of drug-likeness (QED) is 0.730. The van der Waals surface area contributed by atoms with Gasteiger partial charge in [-0.3, -0.25) is 4.79 Å². The van der Waals surface area contributed by atoms with Gasteiger partial charge in [-0.05, 0) is 18.4 Å². The lowest BCUT2D eigenvalue weighted by atomic mass is 9.90. The van der Waals surface area contributed by atoms with Gasteiger partial charge in [-0.25, -0.2) is 9.59 Å². The molecular weight excluding hydrogens is 394 g/mol. The van der Waals surface area contributed by atoms with E-state index in [9.17, 15) is 19.6 Å². The molecule has 0 radical (unpaired) electrons. The number of hydrogen-bond donors (Lipinski definition) is 2. The second-order valence-electron chi connectivity index (χ2n) is 6.83. The first-order chi connectivity index (χ1) is 14.0. The number of aliphatic carboxylic acids is 1. The second-order valence-corrected chi connectivity index (χ2v) is 8.08. The summed E-state index contributed by atoms with van der Waals surface area (Å²) in [6.07, 6.45) is 0.815. The number of allylic oxidation sites excluding steroid dienone is 1. The molecule has 1 saturated heterocycles. The summed E-state index contributed by atoms with van der Waals surface area (Å²) >= 11 is 1.38. The number of nitrogens with zero attached hydrogens (tertiary/aromatic N) is 2. The maximum absolute atomic E-state index is 12.4. The monoisotopic (exact) mass is 415 g/mol. The summed E-state index contributed by atoms with van der Waals surface area (Å²) in [4.78, 5) is 36.4. The Morgan fingerprint density at radius 3 is 2.76 bits per heavy atom. The number of amides is 2. The zero-order valence-electron chi connectivity index (χ0n) is 15.7. The first-order valence-electron chi connectivity index (χ1n) is 9.26. The van der Waals surface area contributed by atoms with Crippen LogP contribution in [-0.4, -0.2) is 52.9 Å². The van der Waals surface area contributed by atoms with Gasteiger partial charge in [-0.1, -0.05) is 30.3 Å². The van der Waals surface area contributed by atoms with Crippen LogP contribution in [0.4, 0.5) is 4.79 Å². The number of nitrogens with one attached hydrogen (secondary N) is 1. The predicted molar refractivity (Wildman–Crippen MR) is 106 cm³/mol. The molecule has 1 aromatic rings. The maximum atomic E-state index is 12.4. The number of aryl methyl sites for hydroxylation is 1. The van der Waals surface area contributed by atoms with Gasteiger partial charge in [0.25, 0.3) is 0 Å². The zero-order chi connectivity index (χ0) is 20.8. The molecule has 1 aromatic carbocycles. The van der Waals surface area contributed by atoms with Crippen molar-refractivity contribution in [3.63, 3.8) is 0 Å². The predicted octanol–water partition coefficient (Wildman–Crippen LogP) is 2.13. The Kier molecular flexibility index (Phi) is 6.77. The number of benzene rings is 1. The molecule has 1 fully saturated rings. The van der Waals surface area contributed by atoms with E-state index in [0.717, 1.165) is 5.56 Å². The van der Waals surface area contributed by atoms with Crippen molar-refractivity contribution < 1.29 is 24.2 Å². The lowest BCUT2D eigenvalue weighted by Crippen LogP contribution is -2.45. The first-order valence-corrected chi connectivity index (χ1v) is 10.1. The van der Waals surface area contributed by atoms with Gasteiger partial charge in [0.15, 0.2) is 6.61 Å². The van der Waals surface area contributed by atoms with E-state index in [2.05, 4.69) is 11.4 Å². The maximum Gasteiger partial charge on any atom is 0.410 e. The number of thioether (sulfide) groups is 1. The third-order valence-corrected chi connectivity index (χ3v) is 6.22. The van der Waals surface area contributed by atoms with E-state index in [4.69, 9.17) is 9.84 Å². The third kappa shape index (κ3) is 5.29. The molecule has 152 valence electrons. The largest absolute Gasteiger partial charge is 0.479 e. The number of carboxylic acids is 1. The number of likely N-dealkylation sites (tertiary alicyclic amines) is 1. The molecule has 0 aliphatic carbocycles. The minimum absolute atomic E-state index is 0.0436. The highest BCUT2D eigenvalue weighted by Gasteiger charge is 2.41. The highest BCUT2D eigenvalue weighted by Crippen LogP contribution is 2.44. The summed E-state index contributed by atoms with van der Waals surface area (Å²) < 4.78 is 4.74. The summed E-state index contributed by atoms with van der Waals surface area (Å²) in [5.74, 6) is -1.41. The molecule has 0 bridgehead atoms. The van der Waals surface area contributed by atoms with Crippen molar-refractivity contribution in [2.45, 2.75) is 24.5 Å². The molecule has 2 unspecified atom stereocenters. The van der Waals surface area contributed by atoms with E-state index >= 15 is 0 Å². The molecule has 2 heterocycles. The number of carboxylic acid groups (broad SMARTS) is 1. The Morgan fingerprint density at radius 1 is 1.31 bits per heavy atom. The number of fused-ring (bicyclic) bond motifs is 1. The van der Waals surface area contributed by atoms with Crippen molar-refractivity contribution in [1.29, 1.82) is 5.26 Å². The van der Waals surface area contributed by atoms with Crippen LogP contribution in [0.25, 0.3) is 0 Å². The van der Waals surface area contributed by atoms with Crippen LogP contribution in [-0.2, 0) is 20.7 Å². The normalized spacial score (nSPS) is 20.6. The van der Waals surface area contributed by atoms with E-state index in [1.54, 1.807) is 0 Å². The van der Waals surface area contributed by atoms with Gasteiger partial charge in [0.2, 0.25) is 5.91 Å². The summed E-state index contributed by atoms with van der Waals surface area (Å²) in [7, 11) is 0. The van der Waals surface area contributed by atoms with Crippen molar-refractivity contribution >= 4 is 29.7 Å². The van der Waals surface area contributed by atoms with Crippen molar-refractivity contribution in [3.8, 4) is 6.07 Å². The molecule has 29 heavy (non-hydrogen) atoms. The van der Waals surface area contributed by atoms with Crippen LogP contribution >= 0.6 is 11.8 Å². The van der Waals surface area contributed by atoms with Gasteiger partial charge in [-0.2, -0.15) is 5.26 Å². The molecular formula is C20H21N3O5S. The first kappa shape index (κ1) is 20.7. The number of rotatable bonds is 6. The highest BCUT2D eigenvalue weighted by molar-refractivity contribution is 8.04. The number of piperidine rings is 1. The minimum atomic E-state index is -1.21. The summed E-state index contributed by atoms with van der Waals surface area (Å²) in [5.41, 5.74) is 1.62. The Hall–Kier alpha value is -2.99. The van der Waals surface area contributed by atoms with Crippen molar-refractivity contribution in [3.05, 3.63) is 46.5 Å². The smallest absolute Gasteiger partial charge is 0.410 e. The summed E-state index contributed by atoms with van der Waals surface area (Å²) in [6.45, 7) is 0.0317. The van der Waals surface area contributed by atoms with Crippen LogP contribution in [0.2, 0.25) is 0 Å². The lowest BCUT2D eigenvalue weighted by molar-refractivity contribution is -0.140. The molecule has 0 aromatic heterocycles. The van der Waals surface area contributed by atoms with Gasteiger partial charge in [0.1, 0.15) is 0 Å². The van der Waals surface area contributed by atoms with Crippen LogP contribution < -0.4 is 5.32 Å². The third-order valence-electron chi connectivity index (χ3n) is 4.88. The Labute approximate surface area is 172 Å². The fraction of sp³-hybridized carbons (Fsp3) is 0.400. The highest BCUT2D eigenvalue weighted by atomic mass is 32.2. The van der Waals surface area contributed by atoms with E-state index in [-0.39, 0.29) is 17.1 Å². The lowest BCUT2D eigenvalue weighted by Gasteiger charge is -2.33. The Morgan fingerprint density at radius 2 is 2.07 bits per heavy atom. The summed E-state index contributed by atoms with van der Waals surface area (Å²) in [5, 5.41) is 21.6. The van der Waals surface area contributed by atoms with Gasteiger partial charge < -0.3 is 20.1 Å². The van der Waals surface area contributed by atoms with Gasteiger partial charge in [-0.15, -0.1) is 11.8 Å². The summed E-state index contributed by atoms with van der Waals surface area (Å²) in [6, 6.07) is 11.9. The molecule has 2 atom stereocenters. The molecule has 2 amide bonds. The van der Waals surface area contributed by atoms with Crippen molar-refractivity contribution in [2.75, 3.05) is 19.7 Å². The van der Waals surface area contributed by atoms with Gasteiger partial charge in [0, 0.05) is 30.7 Å². The average molecular weight is 415 g/mol. The SMILES string of the molecule is N#CC1=C(NC(=O)CCc2ccccc2)SC2CN(C(=O)OCC(=O)O)CCC12. The van der Waals surface area contributed by atoms with E-state index in [1.807, 2.05) is 30.3 Å². The molecule has 2 N–H and O–H groups in total. The van der Waals surface area contributed by atoms with Crippen LogP contribution in [0, 0.1) is 17.2 Å². The van der Waals surface area contributed by atoms with E-state index in [1.165, 1.54) is 16.7 Å². The molecule has 2 aliphatic heterocycles. The molecule has 9 heteroatoms. The zero-order valence-corrected chi connectivity index (χ0v) is 16.5. The van der Waals surface area contributed by atoms with Gasteiger partial charge >= 0.3 is 12.1 Å². The Balaban J connectivity index is 1.56. The fourth-order valence-electron chi connectivity index (χ4n) is 3.45. The van der Waals surface area contributed by atoms with Gasteiger partial charge in [0.05, 0.1) is 16.7 Å². The topological polar surface area (TPSA) is 120 Å². The number of carbonyl (C=O) groups excluding carboxylic acids is 2. The van der Waals surface area contributed by atoms with Crippen LogP contribution in [0.15, 0.2) is 40.9 Å². The average Bonchev–Trinajstić information content (AvgIpc) is 3.07. The number of nitriles is 1. The van der Waals surface area contributed by atoms with Crippen LogP contribution in [0.3, 0.4) is 0 Å². The fourth-order valence-corrected chi connectivity index (χ4v) is 4.94. The van der Waals surface area contributed by atoms with Crippen molar-refractivity contribution in [1.82, 2.24) is 10.2 Å². The van der Waals surface area contributed by atoms with Crippen molar-refractivity contribution in [2.24, 2.45) is 5.92 Å². The minimum Gasteiger partial charge on any atom is -0.479 e. The number of hydrogen-bond acceptors (Lipinski definition) is 6. The molecule has 8 nitrogen and oxygen atoms in total. The van der Waals surface area contributed by atoms with E-state index < -0.39 is 18.7 Å². The Bertz CT molecular complexity index is 865. The molecule has 0 spiro atoms. The second kappa shape index (κ2) is 9.47. The molecule has 0 saturated carbocycles.